The van der Waals surface area contributed by atoms with Gasteiger partial charge in [-0.15, -0.1) is 0 Å². The molecule has 0 bridgehead atoms. The van der Waals surface area contributed by atoms with Crippen molar-refractivity contribution in [2.24, 2.45) is 0 Å². The fraction of sp³-hybridized carbons (Fsp3) is 0.0294. The zero-order chi connectivity index (χ0) is 28.0. The summed E-state index contributed by atoms with van der Waals surface area (Å²) < 4.78 is 28.0. The van der Waals surface area contributed by atoms with Gasteiger partial charge in [0.05, 0.1) is 10.3 Å². The van der Waals surface area contributed by atoms with E-state index in [0.29, 0.717) is 11.0 Å². The molecule has 0 fully saturated rings. The molecule has 5 aromatic rings. The van der Waals surface area contributed by atoms with Crippen molar-refractivity contribution < 1.29 is 13.2 Å². The molecular weight excluding hydrogens is 533 g/mol. The molecule has 0 aliphatic heterocycles. The molecule has 5 rings (SSSR count). The van der Waals surface area contributed by atoms with Crippen molar-refractivity contribution in [3.8, 4) is 0 Å². The first kappa shape index (κ1) is 27.3. The highest BCUT2D eigenvalue weighted by atomic mass is 32.2. The molecule has 198 valence electrons. The fourth-order valence-corrected chi connectivity index (χ4v) is 10.6. The van der Waals surface area contributed by atoms with Gasteiger partial charge in [0.15, 0.2) is 12.7 Å². The van der Waals surface area contributed by atoms with Crippen LogP contribution in [0.2, 0.25) is 0 Å². The van der Waals surface area contributed by atoms with Gasteiger partial charge in [0.1, 0.15) is 15.9 Å². The number of nitrogens with one attached hydrogen (secondary N) is 1. The molecule has 1 N–H and O–H groups in total. The predicted octanol–water partition coefficient (Wildman–Crippen LogP) is 5.99. The molecule has 0 radical (unpaired) electrons. The highest BCUT2D eigenvalue weighted by Crippen LogP contribution is 2.61. The standard InChI is InChI=1S/C34H28NO3PS/c1-27-22-24-32(25-23-27)40(37,38)26-33(35-34(36)28-14-6-2-7-15-28)39(29-16-8-3-9-17-29,30-18-10-4-11-19-30)31-20-12-5-13-21-31/h2-26H,1H3/p+1/b33-26+. The topological polar surface area (TPSA) is 63.2 Å². The minimum Gasteiger partial charge on any atom is -0.291 e. The van der Waals surface area contributed by atoms with Crippen LogP contribution in [-0.4, -0.2) is 14.3 Å². The summed E-state index contributed by atoms with van der Waals surface area (Å²) in [5.41, 5.74) is 1.74. The van der Waals surface area contributed by atoms with Crippen LogP contribution < -0.4 is 21.2 Å². The first-order valence-electron chi connectivity index (χ1n) is 12.9. The van der Waals surface area contributed by atoms with Crippen LogP contribution in [0.4, 0.5) is 0 Å². The Balaban J connectivity index is 1.86. The number of aryl methyl sites for hydroxylation is 1. The lowest BCUT2D eigenvalue weighted by Crippen LogP contribution is -2.38. The molecular formula is C34H29NO3PS+. The van der Waals surface area contributed by atoms with Crippen LogP contribution >= 0.6 is 7.26 Å². The fourth-order valence-electron chi connectivity index (χ4n) is 4.73. The van der Waals surface area contributed by atoms with Gasteiger partial charge < -0.3 is 0 Å². The van der Waals surface area contributed by atoms with Gasteiger partial charge in [-0.3, -0.25) is 10.1 Å². The average Bonchev–Trinajstić information content (AvgIpc) is 3.00. The highest BCUT2D eigenvalue weighted by Gasteiger charge is 2.51. The Morgan fingerprint density at radius 2 is 1.00 bits per heavy atom. The van der Waals surface area contributed by atoms with E-state index in [-0.39, 0.29) is 10.8 Å². The lowest BCUT2D eigenvalue weighted by Gasteiger charge is -2.29. The second kappa shape index (κ2) is 11.8. The predicted molar refractivity (Wildman–Crippen MR) is 166 cm³/mol. The molecule has 0 heterocycles. The molecule has 0 aromatic heterocycles. The minimum absolute atomic E-state index is 0.164. The van der Waals surface area contributed by atoms with E-state index in [9.17, 15) is 13.2 Å². The Morgan fingerprint density at radius 3 is 1.43 bits per heavy atom. The van der Waals surface area contributed by atoms with Crippen molar-refractivity contribution in [1.29, 1.82) is 0 Å². The summed E-state index contributed by atoms with van der Waals surface area (Å²) in [6, 6.07) is 45.1. The van der Waals surface area contributed by atoms with Gasteiger partial charge in [-0.2, -0.15) is 0 Å². The Morgan fingerprint density at radius 1 is 0.600 bits per heavy atom. The number of hydrogen-bond acceptors (Lipinski definition) is 3. The number of amides is 1. The quantitative estimate of drug-likeness (QED) is 0.236. The molecule has 40 heavy (non-hydrogen) atoms. The van der Waals surface area contributed by atoms with E-state index in [0.717, 1.165) is 21.5 Å². The van der Waals surface area contributed by atoms with Gasteiger partial charge in [-0.1, -0.05) is 90.5 Å². The van der Waals surface area contributed by atoms with Crippen LogP contribution in [0.1, 0.15) is 15.9 Å². The van der Waals surface area contributed by atoms with Crippen LogP contribution in [0.3, 0.4) is 0 Å². The molecule has 6 heteroatoms. The van der Waals surface area contributed by atoms with Crippen LogP contribution in [0, 0.1) is 6.92 Å². The molecule has 0 aliphatic rings. The summed E-state index contributed by atoms with van der Waals surface area (Å²) in [6.07, 6.45) is 0. The average molecular weight is 563 g/mol. The van der Waals surface area contributed by atoms with E-state index < -0.39 is 17.1 Å². The maximum atomic E-state index is 14.0. The van der Waals surface area contributed by atoms with E-state index in [1.54, 1.807) is 48.5 Å². The third-order valence-corrected chi connectivity index (χ3v) is 12.5. The number of carbonyl (C=O) groups excluding carboxylic acids is 1. The van der Waals surface area contributed by atoms with Crippen LogP contribution in [0.15, 0.2) is 161 Å². The number of hydrogen-bond donors (Lipinski definition) is 1. The van der Waals surface area contributed by atoms with Gasteiger partial charge in [0.25, 0.3) is 5.91 Å². The highest BCUT2D eigenvalue weighted by molar-refractivity contribution is 8.00. The SMILES string of the molecule is Cc1ccc(S(=O)(=O)/C=C(\NC(=O)c2ccccc2)[P+](c2ccccc2)(c2ccccc2)c2ccccc2)cc1. The lowest BCUT2D eigenvalue weighted by atomic mass is 10.2. The van der Waals surface area contributed by atoms with Gasteiger partial charge in [0, 0.05) is 5.56 Å². The Bertz CT molecular complexity index is 1630. The van der Waals surface area contributed by atoms with Crippen molar-refractivity contribution in [3.63, 3.8) is 0 Å². The van der Waals surface area contributed by atoms with Crippen LogP contribution in [0.25, 0.3) is 0 Å². The van der Waals surface area contributed by atoms with Crippen molar-refractivity contribution in [2.45, 2.75) is 11.8 Å². The Labute approximate surface area is 236 Å². The van der Waals surface area contributed by atoms with Crippen LogP contribution in [0.5, 0.6) is 0 Å². The molecule has 0 aliphatic carbocycles. The normalized spacial score (nSPS) is 12.1. The molecule has 0 saturated carbocycles. The minimum atomic E-state index is -3.96. The van der Waals surface area contributed by atoms with E-state index >= 15 is 0 Å². The smallest absolute Gasteiger partial charge is 0.258 e. The zero-order valence-electron chi connectivity index (χ0n) is 22.0. The van der Waals surface area contributed by atoms with Gasteiger partial charge >= 0.3 is 0 Å². The summed E-state index contributed by atoms with van der Waals surface area (Å²) in [7, 11) is -6.87. The Kier molecular flexibility index (Phi) is 8.06. The number of benzene rings is 5. The van der Waals surface area contributed by atoms with Gasteiger partial charge in [-0.05, 0) is 67.6 Å². The summed E-state index contributed by atoms with van der Waals surface area (Å²) in [5.74, 6) is -0.377. The lowest BCUT2D eigenvalue weighted by molar-refractivity contribution is 0.0968. The van der Waals surface area contributed by atoms with Crippen molar-refractivity contribution in [3.05, 3.63) is 168 Å². The second-order valence-electron chi connectivity index (χ2n) is 9.36. The number of rotatable bonds is 8. The zero-order valence-corrected chi connectivity index (χ0v) is 23.7. The summed E-state index contributed by atoms with van der Waals surface area (Å²) in [5, 5.41) is 7.13. The van der Waals surface area contributed by atoms with Crippen molar-refractivity contribution in [2.75, 3.05) is 0 Å². The molecule has 1 amide bonds. The second-order valence-corrected chi connectivity index (χ2v) is 14.5. The van der Waals surface area contributed by atoms with E-state index in [4.69, 9.17) is 0 Å². The number of sulfone groups is 1. The van der Waals surface area contributed by atoms with E-state index in [2.05, 4.69) is 5.32 Å². The molecule has 0 spiro atoms. The molecule has 4 nitrogen and oxygen atoms in total. The van der Waals surface area contributed by atoms with E-state index in [1.165, 1.54) is 5.41 Å². The summed E-state index contributed by atoms with van der Waals surface area (Å²) in [6.45, 7) is 1.91. The maximum Gasteiger partial charge on any atom is 0.258 e. The first-order valence-corrected chi connectivity index (χ1v) is 16.2. The van der Waals surface area contributed by atoms with Crippen molar-refractivity contribution in [1.82, 2.24) is 5.32 Å². The Hall–Kier alpha value is -4.31. The molecule has 5 aromatic carbocycles. The summed E-state index contributed by atoms with van der Waals surface area (Å²) >= 11 is 0. The molecule has 0 atom stereocenters. The van der Waals surface area contributed by atoms with E-state index in [1.807, 2.05) is 104 Å². The van der Waals surface area contributed by atoms with Crippen LogP contribution in [-0.2, 0) is 9.84 Å². The largest absolute Gasteiger partial charge is 0.291 e. The molecule has 0 unspecified atom stereocenters. The summed E-state index contributed by atoms with van der Waals surface area (Å²) in [4.78, 5) is 13.9. The maximum absolute atomic E-state index is 14.0. The third kappa shape index (κ3) is 5.53. The first-order chi connectivity index (χ1) is 19.4. The van der Waals surface area contributed by atoms with Gasteiger partial charge in [-0.25, -0.2) is 8.42 Å². The van der Waals surface area contributed by atoms with Crippen molar-refractivity contribution >= 4 is 38.9 Å². The third-order valence-electron chi connectivity index (χ3n) is 6.69. The van der Waals surface area contributed by atoms with Gasteiger partial charge in [0.2, 0.25) is 9.84 Å². The number of carbonyl (C=O) groups is 1. The molecule has 0 saturated heterocycles. The monoisotopic (exact) mass is 562 g/mol.